The maximum atomic E-state index is 13.0. The zero-order valence-corrected chi connectivity index (χ0v) is 17.9. The number of nitrogens with zero attached hydrogens (tertiary/aromatic N) is 4. The van der Waals surface area contributed by atoms with Crippen molar-refractivity contribution in [3.05, 3.63) is 54.5 Å². The van der Waals surface area contributed by atoms with Crippen LogP contribution in [0.4, 0.5) is 0 Å². The van der Waals surface area contributed by atoms with Crippen molar-refractivity contribution in [2.24, 2.45) is 0 Å². The van der Waals surface area contributed by atoms with Gasteiger partial charge in [0.15, 0.2) is 0 Å². The molecule has 0 spiro atoms. The molecule has 0 saturated carbocycles. The van der Waals surface area contributed by atoms with Crippen LogP contribution in [0.2, 0.25) is 0 Å². The average molecular weight is 421 g/mol. The van der Waals surface area contributed by atoms with Crippen LogP contribution in [-0.4, -0.2) is 57.2 Å². The number of benzene rings is 1. The first-order valence-electron chi connectivity index (χ1n) is 10.1. The van der Waals surface area contributed by atoms with E-state index in [1.807, 2.05) is 36.4 Å². The fourth-order valence-electron chi connectivity index (χ4n) is 3.35. The second kappa shape index (κ2) is 9.15. The Morgan fingerprint density at radius 1 is 1.17 bits per heavy atom. The first-order chi connectivity index (χ1) is 14.7. The number of H-pyrrole nitrogens is 1. The van der Waals surface area contributed by atoms with Gasteiger partial charge in [0.05, 0.1) is 10.4 Å². The summed E-state index contributed by atoms with van der Waals surface area (Å²) in [6.07, 6.45) is 3.48. The van der Waals surface area contributed by atoms with Gasteiger partial charge in [-0.05, 0) is 25.2 Å². The summed E-state index contributed by atoms with van der Waals surface area (Å²) in [5.74, 6) is -0.177. The molecule has 3 heterocycles. The molecule has 0 unspecified atom stereocenters. The highest BCUT2D eigenvalue weighted by Crippen LogP contribution is 2.36. The lowest BCUT2D eigenvalue weighted by Gasteiger charge is -2.17. The topological polar surface area (TPSA) is 86.8 Å². The van der Waals surface area contributed by atoms with Crippen LogP contribution >= 0.6 is 11.3 Å². The number of amides is 1. The Morgan fingerprint density at radius 2 is 2.00 bits per heavy atom. The first-order valence-corrected chi connectivity index (χ1v) is 10.9. The minimum atomic E-state index is -0.177. The van der Waals surface area contributed by atoms with Crippen molar-refractivity contribution in [3.63, 3.8) is 0 Å². The SMILES string of the molecule is CCN(CC)CCNC(=O)c1nc(-c2n[nH]c3ccccc23)sc1-c1cccnc1. The minimum absolute atomic E-state index is 0.177. The molecule has 0 saturated heterocycles. The number of pyridine rings is 1. The third-order valence-corrected chi connectivity index (χ3v) is 6.16. The molecule has 30 heavy (non-hydrogen) atoms. The van der Waals surface area contributed by atoms with Crippen molar-refractivity contribution in [1.82, 2.24) is 30.4 Å². The molecule has 3 aromatic heterocycles. The van der Waals surface area contributed by atoms with Gasteiger partial charge in [0.25, 0.3) is 5.91 Å². The van der Waals surface area contributed by atoms with Crippen LogP contribution < -0.4 is 5.32 Å². The van der Waals surface area contributed by atoms with E-state index in [2.05, 4.69) is 39.2 Å². The number of rotatable bonds is 8. The number of para-hydroxylation sites is 1. The molecule has 7 nitrogen and oxygen atoms in total. The number of carbonyl (C=O) groups excluding carboxylic acids is 1. The van der Waals surface area contributed by atoms with Crippen LogP contribution in [0.5, 0.6) is 0 Å². The van der Waals surface area contributed by atoms with Gasteiger partial charge in [-0.25, -0.2) is 4.98 Å². The Kier molecular flexibility index (Phi) is 6.15. The van der Waals surface area contributed by atoms with Crippen LogP contribution in [-0.2, 0) is 0 Å². The molecular formula is C22H24N6OS. The van der Waals surface area contributed by atoms with E-state index in [0.29, 0.717) is 17.2 Å². The first kappa shape index (κ1) is 20.2. The van der Waals surface area contributed by atoms with Crippen LogP contribution in [0.15, 0.2) is 48.8 Å². The molecule has 0 aliphatic carbocycles. The van der Waals surface area contributed by atoms with Crippen molar-refractivity contribution >= 4 is 28.1 Å². The fourth-order valence-corrected chi connectivity index (χ4v) is 4.40. The highest BCUT2D eigenvalue weighted by atomic mass is 32.1. The Balaban J connectivity index is 1.67. The predicted octanol–water partition coefficient (Wildman–Crippen LogP) is 3.82. The van der Waals surface area contributed by atoms with E-state index in [-0.39, 0.29) is 5.91 Å². The molecule has 4 rings (SSSR count). The van der Waals surface area contributed by atoms with Crippen LogP contribution in [0.3, 0.4) is 0 Å². The van der Waals surface area contributed by atoms with Crippen molar-refractivity contribution in [3.8, 4) is 21.1 Å². The Bertz CT molecular complexity index is 1130. The molecule has 0 bridgehead atoms. The molecule has 0 radical (unpaired) electrons. The van der Waals surface area contributed by atoms with Gasteiger partial charge in [0, 0.05) is 36.4 Å². The maximum absolute atomic E-state index is 13.0. The van der Waals surface area contributed by atoms with E-state index in [0.717, 1.165) is 46.7 Å². The van der Waals surface area contributed by atoms with Crippen molar-refractivity contribution in [2.75, 3.05) is 26.2 Å². The number of carbonyl (C=O) groups is 1. The van der Waals surface area contributed by atoms with Gasteiger partial charge in [-0.3, -0.25) is 14.9 Å². The smallest absolute Gasteiger partial charge is 0.271 e. The minimum Gasteiger partial charge on any atom is -0.349 e. The van der Waals surface area contributed by atoms with E-state index in [1.165, 1.54) is 11.3 Å². The molecule has 8 heteroatoms. The second-order valence-electron chi connectivity index (χ2n) is 6.84. The predicted molar refractivity (Wildman–Crippen MR) is 121 cm³/mol. The molecule has 1 aromatic carbocycles. The molecule has 2 N–H and O–H groups in total. The maximum Gasteiger partial charge on any atom is 0.271 e. The van der Waals surface area contributed by atoms with Gasteiger partial charge in [-0.1, -0.05) is 38.1 Å². The normalized spacial score (nSPS) is 11.3. The summed E-state index contributed by atoms with van der Waals surface area (Å²) in [6.45, 7) is 7.54. The second-order valence-corrected chi connectivity index (χ2v) is 7.84. The van der Waals surface area contributed by atoms with Gasteiger partial charge >= 0.3 is 0 Å². The molecule has 4 aromatic rings. The summed E-state index contributed by atoms with van der Waals surface area (Å²) in [6, 6.07) is 11.7. The van der Waals surface area contributed by atoms with Gasteiger partial charge in [-0.2, -0.15) is 5.10 Å². The number of hydrogen-bond donors (Lipinski definition) is 2. The molecule has 0 atom stereocenters. The van der Waals surface area contributed by atoms with Crippen molar-refractivity contribution < 1.29 is 4.79 Å². The third kappa shape index (κ3) is 4.10. The number of nitrogens with one attached hydrogen (secondary N) is 2. The Morgan fingerprint density at radius 3 is 2.77 bits per heavy atom. The van der Waals surface area contributed by atoms with Crippen molar-refractivity contribution in [1.29, 1.82) is 0 Å². The number of aromatic nitrogens is 4. The summed E-state index contributed by atoms with van der Waals surface area (Å²) >= 11 is 1.46. The highest BCUT2D eigenvalue weighted by Gasteiger charge is 2.22. The monoisotopic (exact) mass is 420 g/mol. The molecule has 0 aliphatic rings. The van der Waals surface area contributed by atoms with Gasteiger partial charge in [-0.15, -0.1) is 11.3 Å². The molecule has 0 fully saturated rings. The van der Waals surface area contributed by atoms with Crippen molar-refractivity contribution in [2.45, 2.75) is 13.8 Å². The zero-order valence-electron chi connectivity index (χ0n) is 17.1. The largest absolute Gasteiger partial charge is 0.349 e. The zero-order chi connectivity index (χ0) is 20.9. The molecule has 1 amide bonds. The number of fused-ring (bicyclic) bond motifs is 1. The standard InChI is InChI=1S/C22H24N6OS/c1-3-28(4-2)13-12-24-21(29)19-20(15-8-7-11-23-14-15)30-22(25-19)18-16-9-5-6-10-17(16)26-27-18/h5-11,14H,3-4,12-13H2,1-2H3,(H,24,29)(H,26,27). The van der Waals surface area contributed by atoms with Gasteiger partial charge in [0.2, 0.25) is 0 Å². The number of aromatic amines is 1. The quantitative estimate of drug-likeness (QED) is 0.453. The van der Waals surface area contributed by atoms with E-state index >= 15 is 0 Å². The molecule has 0 aliphatic heterocycles. The summed E-state index contributed by atoms with van der Waals surface area (Å²) < 4.78 is 0. The van der Waals surface area contributed by atoms with Crippen LogP contribution in [0, 0.1) is 0 Å². The lowest BCUT2D eigenvalue weighted by Crippen LogP contribution is -2.35. The molecular weight excluding hydrogens is 396 g/mol. The van der Waals surface area contributed by atoms with Crippen LogP contribution in [0.1, 0.15) is 24.3 Å². The van der Waals surface area contributed by atoms with Crippen LogP contribution in [0.25, 0.3) is 32.0 Å². The third-order valence-electron chi connectivity index (χ3n) is 5.05. The van der Waals surface area contributed by atoms with E-state index in [9.17, 15) is 4.79 Å². The number of hydrogen-bond acceptors (Lipinski definition) is 6. The summed E-state index contributed by atoms with van der Waals surface area (Å²) in [4.78, 5) is 25.0. The Labute approximate surface area is 179 Å². The van der Waals surface area contributed by atoms with Gasteiger partial charge < -0.3 is 10.2 Å². The Hall–Kier alpha value is -3.10. The van der Waals surface area contributed by atoms with E-state index in [1.54, 1.807) is 12.4 Å². The summed E-state index contributed by atoms with van der Waals surface area (Å²) in [5, 5.41) is 12.2. The molecule has 154 valence electrons. The lowest BCUT2D eigenvalue weighted by atomic mass is 10.2. The van der Waals surface area contributed by atoms with Gasteiger partial charge in [0.1, 0.15) is 16.4 Å². The van der Waals surface area contributed by atoms with E-state index in [4.69, 9.17) is 4.98 Å². The van der Waals surface area contributed by atoms with E-state index < -0.39 is 0 Å². The summed E-state index contributed by atoms with van der Waals surface area (Å²) in [7, 11) is 0. The highest BCUT2D eigenvalue weighted by molar-refractivity contribution is 7.18. The number of thiazole rings is 1. The average Bonchev–Trinajstić information content (AvgIpc) is 3.42. The number of likely N-dealkylation sites (N-methyl/N-ethyl adjacent to an activating group) is 1. The fraction of sp³-hybridized carbons (Fsp3) is 0.273. The lowest BCUT2D eigenvalue weighted by molar-refractivity contribution is 0.0945. The summed E-state index contributed by atoms with van der Waals surface area (Å²) in [5.41, 5.74) is 2.98.